The largest absolute Gasteiger partial charge is 0.356 e. The topological polar surface area (TPSA) is 91.8 Å². The number of rotatable bonds is 5. The van der Waals surface area contributed by atoms with E-state index in [-0.39, 0.29) is 36.4 Å². The average Bonchev–Trinajstić information content (AvgIpc) is 3.41. The summed E-state index contributed by atoms with van der Waals surface area (Å²) in [6.07, 6.45) is 3.56. The molecule has 4 rings (SSSR count). The Morgan fingerprint density at radius 2 is 2.06 bits per heavy atom. The highest BCUT2D eigenvalue weighted by Crippen LogP contribution is 2.20. The average molecular weight is 535 g/mol. The minimum Gasteiger partial charge on any atom is -0.356 e. The Morgan fingerprint density at radius 1 is 1.26 bits per heavy atom. The van der Waals surface area contributed by atoms with Crippen LogP contribution in [-0.2, 0) is 18.4 Å². The summed E-state index contributed by atoms with van der Waals surface area (Å²) in [7, 11) is 1.84. The van der Waals surface area contributed by atoms with Gasteiger partial charge in [0.05, 0.1) is 18.4 Å². The van der Waals surface area contributed by atoms with Crippen LogP contribution >= 0.6 is 24.0 Å². The van der Waals surface area contributed by atoms with Crippen molar-refractivity contribution in [3.63, 3.8) is 0 Å². The van der Waals surface area contributed by atoms with Gasteiger partial charge < -0.3 is 19.6 Å². The first-order valence-electron chi connectivity index (χ1n) is 9.97. The minimum atomic E-state index is 0. The van der Waals surface area contributed by atoms with Crippen molar-refractivity contribution in [2.75, 3.05) is 31.1 Å². The molecule has 0 radical (unpaired) electrons. The van der Waals surface area contributed by atoms with Gasteiger partial charge in [-0.15, -0.1) is 24.0 Å². The SMILES string of the molecule is CCNC(=NCc1cc(-c2ccccc2)on1)N1CCN(c2cnn(C)c2)C(=O)C1.I. The van der Waals surface area contributed by atoms with Crippen LogP contribution in [0, 0.1) is 0 Å². The van der Waals surface area contributed by atoms with Gasteiger partial charge >= 0.3 is 0 Å². The van der Waals surface area contributed by atoms with Crippen molar-refractivity contribution in [2.45, 2.75) is 13.5 Å². The lowest BCUT2D eigenvalue weighted by Crippen LogP contribution is -2.55. The zero-order valence-electron chi connectivity index (χ0n) is 17.6. The number of aromatic nitrogens is 3. The van der Waals surface area contributed by atoms with E-state index in [0.717, 1.165) is 16.9 Å². The first kappa shape index (κ1) is 22.8. The van der Waals surface area contributed by atoms with Crippen LogP contribution in [0.3, 0.4) is 0 Å². The number of nitrogens with one attached hydrogen (secondary N) is 1. The Bertz CT molecular complexity index is 1030. The summed E-state index contributed by atoms with van der Waals surface area (Å²) >= 11 is 0. The van der Waals surface area contributed by atoms with Gasteiger partial charge in [-0.3, -0.25) is 9.48 Å². The van der Waals surface area contributed by atoms with Crippen molar-refractivity contribution in [3.05, 3.63) is 54.5 Å². The minimum absolute atomic E-state index is 0. The predicted octanol–water partition coefficient (Wildman–Crippen LogP) is 2.51. The number of anilines is 1. The maximum atomic E-state index is 12.7. The third kappa shape index (κ3) is 5.43. The molecule has 1 aliphatic rings. The quantitative estimate of drug-likeness (QED) is 0.307. The van der Waals surface area contributed by atoms with E-state index in [0.29, 0.717) is 37.9 Å². The number of benzene rings is 1. The summed E-state index contributed by atoms with van der Waals surface area (Å²) in [5, 5.41) is 11.6. The summed E-state index contributed by atoms with van der Waals surface area (Å²) in [4.78, 5) is 21.1. The van der Waals surface area contributed by atoms with E-state index < -0.39 is 0 Å². The lowest BCUT2D eigenvalue weighted by molar-refractivity contribution is -0.120. The van der Waals surface area contributed by atoms with E-state index in [9.17, 15) is 4.79 Å². The van der Waals surface area contributed by atoms with Crippen LogP contribution in [0.4, 0.5) is 5.69 Å². The molecule has 1 N–H and O–H groups in total. The number of aliphatic imine (C=N–C) groups is 1. The molecule has 1 amide bonds. The number of piperazine rings is 1. The Hall–Kier alpha value is -2.89. The Morgan fingerprint density at radius 3 is 2.74 bits per heavy atom. The number of carbonyl (C=O) groups is 1. The summed E-state index contributed by atoms with van der Waals surface area (Å²) in [5.41, 5.74) is 2.54. The molecule has 1 fully saturated rings. The Labute approximate surface area is 198 Å². The van der Waals surface area contributed by atoms with Crippen molar-refractivity contribution in [3.8, 4) is 11.3 Å². The first-order chi connectivity index (χ1) is 14.6. The molecule has 2 aromatic heterocycles. The van der Waals surface area contributed by atoms with Gasteiger partial charge in [-0.2, -0.15) is 5.10 Å². The molecule has 3 aromatic rings. The summed E-state index contributed by atoms with van der Waals surface area (Å²) < 4.78 is 7.15. The van der Waals surface area contributed by atoms with Crippen LogP contribution in [0.25, 0.3) is 11.3 Å². The standard InChI is InChI=1S/C21H25N7O2.HI/c1-3-22-21(23-12-17-11-19(30-25-17)16-7-5-4-6-8-16)27-9-10-28(20(29)15-27)18-13-24-26(2)14-18;/h4-8,11,13-14H,3,9-10,12,15H2,1-2H3,(H,22,23);1H. The van der Waals surface area contributed by atoms with Gasteiger partial charge in [-0.1, -0.05) is 35.5 Å². The van der Waals surface area contributed by atoms with Crippen LogP contribution in [0.2, 0.25) is 0 Å². The molecule has 0 saturated carbocycles. The van der Waals surface area contributed by atoms with Crippen molar-refractivity contribution in [1.82, 2.24) is 25.2 Å². The van der Waals surface area contributed by atoms with Gasteiger partial charge in [0.1, 0.15) is 12.2 Å². The van der Waals surface area contributed by atoms with Gasteiger partial charge in [0.2, 0.25) is 5.91 Å². The summed E-state index contributed by atoms with van der Waals surface area (Å²) in [6.45, 7) is 4.61. The molecule has 1 aliphatic heterocycles. The highest BCUT2D eigenvalue weighted by Gasteiger charge is 2.27. The van der Waals surface area contributed by atoms with Crippen molar-refractivity contribution >= 4 is 41.5 Å². The molecule has 164 valence electrons. The van der Waals surface area contributed by atoms with Crippen LogP contribution in [0.15, 0.2) is 58.3 Å². The van der Waals surface area contributed by atoms with E-state index in [1.54, 1.807) is 15.8 Å². The number of guanidine groups is 1. The smallest absolute Gasteiger partial charge is 0.246 e. The van der Waals surface area contributed by atoms with Crippen LogP contribution in [-0.4, -0.2) is 57.9 Å². The third-order valence-corrected chi connectivity index (χ3v) is 4.87. The van der Waals surface area contributed by atoms with Crippen molar-refractivity contribution < 1.29 is 9.32 Å². The van der Waals surface area contributed by atoms with Crippen LogP contribution in [0.5, 0.6) is 0 Å². The molecule has 0 atom stereocenters. The molecule has 0 spiro atoms. The van der Waals surface area contributed by atoms with Crippen LogP contribution in [0.1, 0.15) is 12.6 Å². The molecule has 3 heterocycles. The summed E-state index contributed by atoms with van der Waals surface area (Å²) in [5.74, 6) is 1.43. The first-order valence-corrected chi connectivity index (χ1v) is 9.97. The van der Waals surface area contributed by atoms with E-state index >= 15 is 0 Å². The van der Waals surface area contributed by atoms with Gasteiger partial charge in [0.15, 0.2) is 11.7 Å². The molecule has 0 unspecified atom stereocenters. The van der Waals surface area contributed by atoms with E-state index in [2.05, 4.69) is 20.6 Å². The van der Waals surface area contributed by atoms with Crippen molar-refractivity contribution in [1.29, 1.82) is 0 Å². The van der Waals surface area contributed by atoms with Gasteiger partial charge in [-0.25, -0.2) is 4.99 Å². The highest BCUT2D eigenvalue weighted by atomic mass is 127. The summed E-state index contributed by atoms with van der Waals surface area (Å²) in [6, 6.07) is 11.7. The van der Waals surface area contributed by atoms with Crippen LogP contribution < -0.4 is 10.2 Å². The molecule has 9 nitrogen and oxygen atoms in total. The molecule has 10 heteroatoms. The molecule has 1 aromatic carbocycles. The predicted molar refractivity (Wildman–Crippen MR) is 129 cm³/mol. The Balaban J connectivity index is 0.00000272. The third-order valence-electron chi connectivity index (χ3n) is 4.87. The lowest BCUT2D eigenvalue weighted by Gasteiger charge is -2.35. The monoisotopic (exact) mass is 535 g/mol. The van der Waals surface area contributed by atoms with Crippen molar-refractivity contribution in [2.24, 2.45) is 12.0 Å². The molecule has 31 heavy (non-hydrogen) atoms. The number of aryl methyl sites for hydroxylation is 1. The maximum absolute atomic E-state index is 12.7. The zero-order chi connectivity index (χ0) is 20.9. The fraction of sp³-hybridized carbons (Fsp3) is 0.333. The zero-order valence-corrected chi connectivity index (χ0v) is 19.9. The highest BCUT2D eigenvalue weighted by molar-refractivity contribution is 14.0. The van der Waals surface area contributed by atoms with E-state index in [1.165, 1.54) is 0 Å². The number of hydrogen-bond acceptors (Lipinski definition) is 5. The maximum Gasteiger partial charge on any atom is 0.246 e. The number of amides is 1. The normalized spacial score (nSPS) is 14.5. The van der Waals surface area contributed by atoms with Gasteiger partial charge in [0.25, 0.3) is 0 Å². The number of nitrogens with zero attached hydrogens (tertiary/aromatic N) is 6. The van der Waals surface area contributed by atoms with Gasteiger partial charge in [0, 0.05) is 44.5 Å². The lowest BCUT2D eigenvalue weighted by atomic mass is 10.2. The second-order valence-electron chi connectivity index (χ2n) is 7.06. The van der Waals surface area contributed by atoms with E-state index in [1.807, 2.05) is 61.5 Å². The molecule has 0 aliphatic carbocycles. The molecule has 0 bridgehead atoms. The number of hydrogen-bond donors (Lipinski definition) is 1. The fourth-order valence-corrected chi connectivity index (χ4v) is 3.38. The van der Waals surface area contributed by atoms with E-state index in [4.69, 9.17) is 4.52 Å². The fourth-order valence-electron chi connectivity index (χ4n) is 3.38. The molecular weight excluding hydrogens is 509 g/mol. The number of halogens is 1. The molecule has 1 saturated heterocycles. The second-order valence-corrected chi connectivity index (χ2v) is 7.06. The number of carbonyl (C=O) groups excluding carboxylic acids is 1. The Kier molecular flexibility index (Phi) is 7.66. The second kappa shape index (κ2) is 10.4. The van der Waals surface area contributed by atoms with Gasteiger partial charge in [-0.05, 0) is 6.92 Å². The molecular formula is C21H26IN7O2.